The molecule has 1 aliphatic carbocycles. The summed E-state index contributed by atoms with van der Waals surface area (Å²) in [5.41, 5.74) is 2.69. The zero-order valence-electron chi connectivity index (χ0n) is 9.28. The van der Waals surface area contributed by atoms with Gasteiger partial charge in [-0.05, 0) is 36.3 Å². The molecule has 0 bridgehead atoms. The van der Waals surface area contributed by atoms with E-state index in [0.29, 0.717) is 5.92 Å². The molecule has 80 valence electrons. The van der Waals surface area contributed by atoms with Crippen LogP contribution in [0.25, 0.3) is 0 Å². The van der Waals surface area contributed by atoms with Crippen LogP contribution >= 0.6 is 0 Å². The molecule has 1 aliphatic rings. The van der Waals surface area contributed by atoms with E-state index >= 15 is 0 Å². The highest BCUT2D eigenvalue weighted by Gasteiger charge is 2.24. The van der Waals surface area contributed by atoms with Crippen LogP contribution in [0.2, 0.25) is 0 Å². The lowest BCUT2D eigenvalue weighted by molar-refractivity contribution is 0.106. The van der Waals surface area contributed by atoms with Gasteiger partial charge in [-0.15, -0.1) is 0 Å². The van der Waals surface area contributed by atoms with E-state index in [1.165, 1.54) is 17.6 Å². The lowest BCUT2D eigenvalue weighted by atomic mass is 9.80. The van der Waals surface area contributed by atoms with E-state index in [1.807, 2.05) is 0 Å². The molecule has 0 N–H and O–H groups in total. The summed E-state index contributed by atoms with van der Waals surface area (Å²) < 4.78 is 5.39. The Bertz CT molecular complexity index is 328. The van der Waals surface area contributed by atoms with Gasteiger partial charge < -0.3 is 4.74 Å². The van der Waals surface area contributed by atoms with Crippen LogP contribution in [0.1, 0.15) is 30.7 Å². The molecule has 0 heterocycles. The lowest BCUT2D eigenvalue weighted by Gasteiger charge is -2.30. The summed E-state index contributed by atoms with van der Waals surface area (Å²) in [6.07, 6.45) is 3.67. The monoisotopic (exact) mass is 202 g/mol. The van der Waals surface area contributed by atoms with Gasteiger partial charge >= 0.3 is 0 Å². The summed E-state index contributed by atoms with van der Waals surface area (Å²) in [6.45, 7) is 4.12. The molecular weight excluding hydrogens is 184 g/mol. The normalized spacial score (nSPS) is 26.6. The molecule has 0 saturated heterocycles. The van der Waals surface area contributed by atoms with Gasteiger partial charge in [0, 0.05) is 7.11 Å². The molecule has 1 aromatic carbocycles. The van der Waals surface area contributed by atoms with Crippen molar-refractivity contribution in [1.82, 2.24) is 0 Å². The number of hydrogen-bond acceptors (Lipinski definition) is 1. The fourth-order valence-electron chi connectivity index (χ4n) is 2.40. The Morgan fingerprint density at radius 1 is 1.20 bits per heavy atom. The van der Waals surface area contributed by atoms with Crippen molar-refractivity contribution in [3.63, 3.8) is 0 Å². The third-order valence-corrected chi connectivity index (χ3v) is 3.30. The molecular formula is C14H18O. The second-order valence-electron chi connectivity index (χ2n) is 4.27. The maximum absolute atomic E-state index is 5.39. The van der Waals surface area contributed by atoms with Crippen LogP contribution in [0.3, 0.4) is 0 Å². The van der Waals surface area contributed by atoms with Crippen LogP contribution in [0, 0.1) is 0 Å². The Morgan fingerprint density at radius 3 is 2.53 bits per heavy atom. The fraction of sp³-hybridized carbons (Fsp3) is 0.429. The van der Waals surface area contributed by atoms with Crippen LogP contribution in [-0.2, 0) is 4.74 Å². The van der Waals surface area contributed by atoms with Gasteiger partial charge in [-0.2, -0.15) is 0 Å². The molecule has 0 radical (unpaired) electrons. The van der Waals surface area contributed by atoms with Gasteiger partial charge in [0.25, 0.3) is 0 Å². The molecule has 1 heteroatoms. The summed E-state index contributed by atoms with van der Waals surface area (Å²) in [5.74, 6) is 0.644. The highest BCUT2D eigenvalue weighted by molar-refractivity contribution is 5.24. The molecule has 2 atom stereocenters. The van der Waals surface area contributed by atoms with Gasteiger partial charge in [0.15, 0.2) is 0 Å². The first kappa shape index (κ1) is 10.4. The highest BCUT2D eigenvalue weighted by Crippen LogP contribution is 2.36. The molecule has 1 fully saturated rings. The van der Waals surface area contributed by atoms with E-state index in [4.69, 9.17) is 4.74 Å². The minimum atomic E-state index is 0.282. The molecule has 2 unspecified atom stereocenters. The van der Waals surface area contributed by atoms with Gasteiger partial charge in [0.1, 0.15) is 0 Å². The number of rotatable bonds is 2. The average Bonchev–Trinajstić information content (AvgIpc) is 2.30. The SMILES string of the molecule is C=C1CC(c2ccccc2)CCC1OC. The van der Waals surface area contributed by atoms with Crippen molar-refractivity contribution in [2.75, 3.05) is 7.11 Å². The summed E-state index contributed by atoms with van der Waals surface area (Å²) in [7, 11) is 1.78. The quantitative estimate of drug-likeness (QED) is 0.667. The Kier molecular flexibility index (Phi) is 3.22. The van der Waals surface area contributed by atoms with E-state index in [1.54, 1.807) is 7.11 Å². The van der Waals surface area contributed by atoms with Gasteiger partial charge in [-0.1, -0.05) is 36.9 Å². The molecule has 15 heavy (non-hydrogen) atoms. The van der Waals surface area contributed by atoms with Crippen molar-refractivity contribution < 1.29 is 4.74 Å². The molecule has 1 saturated carbocycles. The number of hydrogen-bond donors (Lipinski definition) is 0. The smallest absolute Gasteiger partial charge is 0.0779 e. The van der Waals surface area contributed by atoms with Crippen molar-refractivity contribution in [2.24, 2.45) is 0 Å². The van der Waals surface area contributed by atoms with Crippen molar-refractivity contribution in [3.05, 3.63) is 48.0 Å². The first-order valence-corrected chi connectivity index (χ1v) is 5.56. The molecule has 0 amide bonds. The molecule has 1 nitrogen and oxygen atoms in total. The number of methoxy groups -OCH3 is 1. The average molecular weight is 202 g/mol. The second-order valence-corrected chi connectivity index (χ2v) is 4.27. The predicted molar refractivity (Wildman–Crippen MR) is 63.0 cm³/mol. The van der Waals surface area contributed by atoms with E-state index in [0.717, 1.165) is 12.8 Å². The van der Waals surface area contributed by atoms with Gasteiger partial charge in [-0.25, -0.2) is 0 Å². The van der Waals surface area contributed by atoms with E-state index < -0.39 is 0 Å². The summed E-state index contributed by atoms with van der Waals surface area (Å²) in [6, 6.07) is 10.7. The van der Waals surface area contributed by atoms with Crippen LogP contribution in [-0.4, -0.2) is 13.2 Å². The molecule has 1 aromatic rings. The number of benzene rings is 1. The van der Waals surface area contributed by atoms with Crippen molar-refractivity contribution in [1.29, 1.82) is 0 Å². The van der Waals surface area contributed by atoms with E-state index in [-0.39, 0.29) is 6.10 Å². The zero-order valence-corrected chi connectivity index (χ0v) is 9.28. The molecule has 2 rings (SSSR count). The predicted octanol–water partition coefficient (Wildman–Crippen LogP) is 3.53. The largest absolute Gasteiger partial charge is 0.377 e. The lowest BCUT2D eigenvalue weighted by Crippen LogP contribution is -2.21. The minimum Gasteiger partial charge on any atom is -0.377 e. The fourth-order valence-corrected chi connectivity index (χ4v) is 2.40. The van der Waals surface area contributed by atoms with Crippen LogP contribution in [0.5, 0.6) is 0 Å². The maximum atomic E-state index is 5.39. The highest BCUT2D eigenvalue weighted by atomic mass is 16.5. The van der Waals surface area contributed by atoms with Gasteiger partial charge in [-0.3, -0.25) is 0 Å². The Balaban J connectivity index is 2.06. The second kappa shape index (κ2) is 4.63. The zero-order chi connectivity index (χ0) is 10.7. The Hall–Kier alpha value is -1.08. The van der Waals surface area contributed by atoms with Crippen molar-refractivity contribution >= 4 is 0 Å². The van der Waals surface area contributed by atoms with Gasteiger partial charge in [0.05, 0.1) is 6.10 Å². The van der Waals surface area contributed by atoms with Crippen LogP contribution in [0.4, 0.5) is 0 Å². The van der Waals surface area contributed by atoms with Gasteiger partial charge in [0.2, 0.25) is 0 Å². The summed E-state index contributed by atoms with van der Waals surface area (Å²) in [4.78, 5) is 0. The standard InChI is InChI=1S/C14H18O/c1-11-10-13(8-9-14(11)15-2)12-6-4-3-5-7-12/h3-7,13-14H,1,8-10H2,2H3. The number of ether oxygens (including phenoxy) is 1. The Morgan fingerprint density at radius 2 is 1.93 bits per heavy atom. The molecule has 0 aliphatic heterocycles. The topological polar surface area (TPSA) is 9.23 Å². The van der Waals surface area contributed by atoms with E-state index in [9.17, 15) is 0 Å². The molecule has 0 spiro atoms. The maximum Gasteiger partial charge on any atom is 0.0779 e. The summed E-state index contributed by atoms with van der Waals surface area (Å²) in [5, 5.41) is 0. The van der Waals surface area contributed by atoms with Crippen molar-refractivity contribution in [3.8, 4) is 0 Å². The first-order chi connectivity index (χ1) is 7.31. The van der Waals surface area contributed by atoms with Crippen LogP contribution < -0.4 is 0 Å². The van der Waals surface area contributed by atoms with Crippen LogP contribution in [0.15, 0.2) is 42.5 Å². The third-order valence-electron chi connectivity index (χ3n) is 3.30. The first-order valence-electron chi connectivity index (χ1n) is 5.56. The van der Waals surface area contributed by atoms with E-state index in [2.05, 4.69) is 36.9 Å². The third kappa shape index (κ3) is 2.29. The minimum absolute atomic E-state index is 0.282. The molecule has 0 aromatic heterocycles. The van der Waals surface area contributed by atoms with Crippen molar-refractivity contribution in [2.45, 2.75) is 31.3 Å². The summed E-state index contributed by atoms with van der Waals surface area (Å²) >= 11 is 0. The Labute approximate surface area is 91.8 Å².